The molecule has 0 fully saturated rings. The minimum Gasteiger partial charge on any atom is -0.441 e. The number of rotatable bonds is 2. The highest BCUT2D eigenvalue weighted by atomic mass is 35.5. The zero-order valence-electron chi connectivity index (χ0n) is 10.4. The number of hydrogen-bond donors (Lipinski definition) is 1. The van der Waals surface area contributed by atoms with E-state index in [-0.39, 0.29) is 6.61 Å². The average Bonchev–Trinajstić information content (AvgIpc) is 2.77. The van der Waals surface area contributed by atoms with Gasteiger partial charge in [-0.2, -0.15) is 0 Å². The van der Waals surface area contributed by atoms with Crippen LogP contribution in [0.25, 0.3) is 22.2 Å². The normalized spacial score (nSPS) is 11.1. The molecule has 2 aromatic carbocycles. The molecule has 3 aromatic rings. The molecule has 1 aromatic heterocycles. The van der Waals surface area contributed by atoms with Gasteiger partial charge in [0.2, 0.25) is 0 Å². The van der Waals surface area contributed by atoms with E-state index in [2.05, 4.69) is 4.98 Å². The Bertz CT molecular complexity index is 749. The largest absolute Gasteiger partial charge is 0.441 e. The number of aromatic nitrogens is 1. The second kappa shape index (κ2) is 4.68. The highest BCUT2D eigenvalue weighted by Gasteiger charge is 2.12. The van der Waals surface area contributed by atoms with Gasteiger partial charge in [0.15, 0.2) is 11.5 Å². The van der Waals surface area contributed by atoms with Crippen LogP contribution in [0.4, 0.5) is 0 Å². The van der Waals surface area contributed by atoms with E-state index in [0.717, 1.165) is 22.2 Å². The van der Waals surface area contributed by atoms with Crippen molar-refractivity contribution < 1.29 is 9.52 Å². The minimum absolute atomic E-state index is 0.0384. The summed E-state index contributed by atoms with van der Waals surface area (Å²) in [6.07, 6.45) is 0. The van der Waals surface area contributed by atoms with Gasteiger partial charge in [-0.25, -0.2) is 4.98 Å². The van der Waals surface area contributed by atoms with E-state index in [1.165, 1.54) is 0 Å². The molecule has 0 saturated carbocycles. The second-order valence-electron chi connectivity index (χ2n) is 4.39. The number of benzene rings is 2. The van der Waals surface area contributed by atoms with Crippen LogP contribution in [-0.2, 0) is 6.61 Å². The lowest BCUT2D eigenvalue weighted by atomic mass is 10.0. The summed E-state index contributed by atoms with van der Waals surface area (Å²) in [6.45, 7) is 1.77. The van der Waals surface area contributed by atoms with Crippen LogP contribution in [0.15, 0.2) is 40.8 Å². The van der Waals surface area contributed by atoms with Crippen LogP contribution in [0.3, 0.4) is 0 Å². The molecule has 3 rings (SSSR count). The van der Waals surface area contributed by atoms with Crippen molar-refractivity contribution in [1.82, 2.24) is 4.98 Å². The number of aryl methyl sites for hydroxylation is 1. The molecule has 0 amide bonds. The molecule has 0 aliphatic heterocycles. The monoisotopic (exact) mass is 273 g/mol. The molecule has 3 nitrogen and oxygen atoms in total. The molecule has 0 aliphatic rings. The number of halogens is 1. The predicted molar refractivity (Wildman–Crippen MR) is 75.1 cm³/mol. The maximum absolute atomic E-state index is 9.34. The number of aliphatic hydroxyl groups is 1. The van der Waals surface area contributed by atoms with Gasteiger partial charge in [-0.05, 0) is 35.4 Å². The number of oxazole rings is 1. The Labute approximate surface area is 115 Å². The molecule has 0 unspecified atom stereocenters. The summed E-state index contributed by atoms with van der Waals surface area (Å²) >= 11 is 6.03. The number of aliphatic hydroxyl groups excluding tert-OH is 1. The van der Waals surface area contributed by atoms with Gasteiger partial charge in [-0.15, -0.1) is 0 Å². The zero-order chi connectivity index (χ0) is 13.4. The van der Waals surface area contributed by atoms with Crippen molar-refractivity contribution in [3.8, 4) is 11.1 Å². The number of hydrogen-bond acceptors (Lipinski definition) is 3. The van der Waals surface area contributed by atoms with Crippen LogP contribution in [0.5, 0.6) is 0 Å². The van der Waals surface area contributed by atoms with E-state index in [0.29, 0.717) is 16.5 Å². The topological polar surface area (TPSA) is 46.3 Å². The lowest BCUT2D eigenvalue weighted by Gasteiger charge is -2.05. The number of nitrogens with zero attached hydrogens (tertiary/aromatic N) is 1. The van der Waals surface area contributed by atoms with Gasteiger partial charge >= 0.3 is 0 Å². The van der Waals surface area contributed by atoms with Gasteiger partial charge in [0.1, 0.15) is 5.52 Å². The minimum atomic E-state index is -0.0384. The molecular weight excluding hydrogens is 262 g/mol. The lowest BCUT2D eigenvalue weighted by Crippen LogP contribution is -1.87. The fraction of sp³-hybridized carbons (Fsp3) is 0.133. The lowest BCUT2D eigenvalue weighted by molar-refractivity contribution is 0.282. The van der Waals surface area contributed by atoms with E-state index in [1.807, 2.05) is 36.4 Å². The molecule has 0 atom stereocenters. The van der Waals surface area contributed by atoms with Crippen molar-refractivity contribution in [2.24, 2.45) is 0 Å². The molecule has 0 bridgehead atoms. The van der Waals surface area contributed by atoms with E-state index in [1.54, 1.807) is 6.92 Å². The Balaban J connectivity index is 2.32. The smallest absolute Gasteiger partial charge is 0.192 e. The van der Waals surface area contributed by atoms with Crippen molar-refractivity contribution in [2.75, 3.05) is 0 Å². The van der Waals surface area contributed by atoms with Gasteiger partial charge < -0.3 is 9.52 Å². The predicted octanol–water partition coefficient (Wildman–Crippen LogP) is 3.95. The summed E-state index contributed by atoms with van der Waals surface area (Å²) in [5.41, 5.74) is 4.14. The Morgan fingerprint density at radius 3 is 2.84 bits per heavy atom. The summed E-state index contributed by atoms with van der Waals surface area (Å²) in [5, 5.41) is 10.0. The van der Waals surface area contributed by atoms with Crippen molar-refractivity contribution >= 4 is 22.7 Å². The average molecular weight is 274 g/mol. The third-order valence-corrected chi connectivity index (χ3v) is 3.21. The summed E-state index contributed by atoms with van der Waals surface area (Å²) in [5.74, 6) is 0.605. The summed E-state index contributed by atoms with van der Waals surface area (Å²) in [6, 6.07) is 11.3. The Hall–Kier alpha value is -1.84. The van der Waals surface area contributed by atoms with Crippen molar-refractivity contribution in [3.05, 3.63) is 52.9 Å². The van der Waals surface area contributed by atoms with Gasteiger partial charge in [-0.1, -0.05) is 23.7 Å². The molecule has 0 aliphatic carbocycles. The van der Waals surface area contributed by atoms with Crippen LogP contribution in [0.1, 0.15) is 11.5 Å². The molecule has 19 heavy (non-hydrogen) atoms. The highest BCUT2D eigenvalue weighted by Crippen LogP contribution is 2.31. The molecule has 0 spiro atoms. The maximum Gasteiger partial charge on any atom is 0.192 e. The molecule has 1 heterocycles. The third kappa shape index (κ3) is 2.23. The molecular formula is C15H12ClNO2. The van der Waals surface area contributed by atoms with E-state index in [4.69, 9.17) is 16.0 Å². The van der Waals surface area contributed by atoms with Gasteiger partial charge in [-0.3, -0.25) is 0 Å². The Morgan fingerprint density at radius 2 is 2.11 bits per heavy atom. The van der Waals surface area contributed by atoms with E-state index < -0.39 is 0 Å². The van der Waals surface area contributed by atoms with Gasteiger partial charge in [0.25, 0.3) is 0 Å². The standard InChI is InChI=1S/C15H12ClNO2/c1-9-17-15-13(11-3-2-4-12(16)7-11)5-10(8-18)6-14(15)19-9/h2-7,18H,8H2,1H3. The Kier molecular flexibility index (Phi) is 3.01. The second-order valence-corrected chi connectivity index (χ2v) is 4.83. The summed E-state index contributed by atoms with van der Waals surface area (Å²) in [4.78, 5) is 4.40. The van der Waals surface area contributed by atoms with Crippen LogP contribution >= 0.6 is 11.6 Å². The van der Waals surface area contributed by atoms with E-state index >= 15 is 0 Å². The molecule has 0 radical (unpaired) electrons. The quantitative estimate of drug-likeness (QED) is 0.769. The maximum atomic E-state index is 9.34. The fourth-order valence-corrected chi connectivity index (χ4v) is 2.36. The van der Waals surface area contributed by atoms with Gasteiger partial charge in [0.05, 0.1) is 6.61 Å². The first kappa shape index (κ1) is 12.2. The van der Waals surface area contributed by atoms with Crippen LogP contribution in [-0.4, -0.2) is 10.1 Å². The van der Waals surface area contributed by atoms with Crippen molar-refractivity contribution in [1.29, 1.82) is 0 Å². The van der Waals surface area contributed by atoms with Crippen LogP contribution in [0, 0.1) is 6.92 Å². The number of fused-ring (bicyclic) bond motifs is 1. The first-order chi connectivity index (χ1) is 9.17. The van der Waals surface area contributed by atoms with Crippen LogP contribution < -0.4 is 0 Å². The molecule has 96 valence electrons. The van der Waals surface area contributed by atoms with E-state index in [9.17, 15) is 5.11 Å². The van der Waals surface area contributed by atoms with Crippen molar-refractivity contribution in [2.45, 2.75) is 13.5 Å². The highest BCUT2D eigenvalue weighted by molar-refractivity contribution is 6.30. The first-order valence-electron chi connectivity index (χ1n) is 5.94. The third-order valence-electron chi connectivity index (χ3n) is 2.98. The van der Waals surface area contributed by atoms with Crippen molar-refractivity contribution in [3.63, 3.8) is 0 Å². The Morgan fingerprint density at radius 1 is 1.26 bits per heavy atom. The first-order valence-corrected chi connectivity index (χ1v) is 6.32. The zero-order valence-corrected chi connectivity index (χ0v) is 11.1. The van der Waals surface area contributed by atoms with Crippen LogP contribution in [0.2, 0.25) is 5.02 Å². The molecule has 4 heteroatoms. The SMILES string of the molecule is Cc1nc2c(-c3cccc(Cl)c3)cc(CO)cc2o1. The molecule has 1 N–H and O–H groups in total. The van der Waals surface area contributed by atoms with Gasteiger partial charge in [0, 0.05) is 17.5 Å². The summed E-state index contributed by atoms with van der Waals surface area (Å²) < 4.78 is 5.55. The fourth-order valence-electron chi connectivity index (χ4n) is 2.16. The molecule has 0 saturated heterocycles. The summed E-state index contributed by atoms with van der Waals surface area (Å²) in [7, 11) is 0.